The summed E-state index contributed by atoms with van der Waals surface area (Å²) in [6.07, 6.45) is 0. The molecule has 0 fully saturated rings. The standard InChI is InChI=1S/2C20H14O2.Ga.Li/c2*21-17-11-9-13-5-1-3-7-15(13)19(17)20-16-8-4-2-6-14(16)10-12-18(20)22;;/h2*1-12,21-22H;;/q;;;+1/p-1. The first-order valence-corrected chi connectivity index (χ1v) is 14.3. The number of rotatable bonds is 2. The molecule has 8 aromatic rings. The molecule has 0 heterocycles. The van der Waals surface area contributed by atoms with E-state index >= 15 is 0 Å². The van der Waals surface area contributed by atoms with E-state index in [0.29, 0.717) is 22.3 Å². The molecule has 215 valence electrons. The Hall–Kier alpha value is -4.77. The number of fused-ring (bicyclic) bond motifs is 4. The van der Waals surface area contributed by atoms with Gasteiger partial charge >= 0.3 is 18.9 Å². The summed E-state index contributed by atoms with van der Waals surface area (Å²) in [6.45, 7) is 0. The molecule has 0 saturated carbocycles. The van der Waals surface area contributed by atoms with Crippen LogP contribution in [0.1, 0.15) is 0 Å². The summed E-state index contributed by atoms with van der Waals surface area (Å²) < 4.78 is 0. The van der Waals surface area contributed by atoms with Gasteiger partial charge in [0, 0.05) is 36.5 Å². The van der Waals surface area contributed by atoms with Crippen molar-refractivity contribution in [3.05, 3.63) is 146 Å². The molecule has 0 saturated heterocycles. The molecule has 0 unspecified atom stereocenters. The minimum atomic E-state index is -0.0784. The van der Waals surface area contributed by atoms with Crippen LogP contribution in [0.3, 0.4) is 0 Å². The van der Waals surface area contributed by atoms with E-state index in [1.807, 2.05) is 121 Å². The third-order valence-corrected chi connectivity index (χ3v) is 8.11. The second-order valence-electron chi connectivity index (χ2n) is 10.7. The molecule has 0 aromatic heterocycles. The fourth-order valence-electron chi connectivity index (χ4n) is 6.08. The second kappa shape index (κ2) is 13.7. The van der Waals surface area contributed by atoms with Gasteiger partial charge in [0.15, 0.2) is 0 Å². The van der Waals surface area contributed by atoms with Gasteiger partial charge in [0.05, 0.1) is 0 Å². The Kier molecular flexibility index (Phi) is 9.72. The van der Waals surface area contributed by atoms with Crippen LogP contribution < -0.4 is 24.0 Å². The van der Waals surface area contributed by atoms with Crippen molar-refractivity contribution in [2.24, 2.45) is 0 Å². The van der Waals surface area contributed by atoms with Crippen molar-refractivity contribution in [1.82, 2.24) is 0 Å². The Morgan fingerprint density at radius 2 is 0.587 bits per heavy atom. The van der Waals surface area contributed by atoms with Crippen molar-refractivity contribution in [2.75, 3.05) is 0 Å². The summed E-state index contributed by atoms with van der Waals surface area (Å²) in [4.78, 5) is 0. The van der Waals surface area contributed by atoms with Crippen LogP contribution in [0.15, 0.2) is 146 Å². The molecule has 0 aliphatic carbocycles. The third kappa shape index (κ3) is 5.82. The van der Waals surface area contributed by atoms with Gasteiger partial charge in [-0.2, -0.15) is 0 Å². The Bertz CT molecular complexity index is 2020. The normalized spacial score (nSPS) is 10.6. The van der Waals surface area contributed by atoms with Gasteiger partial charge in [-0.25, -0.2) is 0 Å². The maximum Gasteiger partial charge on any atom is 1.00 e. The molecule has 3 N–H and O–H groups in total. The monoisotopic (exact) mass is 647 g/mol. The van der Waals surface area contributed by atoms with Crippen molar-refractivity contribution in [1.29, 1.82) is 0 Å². The summed E-state index contributed by atoms with van der Waals surface area (Å²) in [5.41, 5.74) is 2.52. The molecular weight excluding hydrogens is 621 g/mol. The first-order valence-electron chi connectivity index (χ1n) is 14.3. The average Bonchev–Trinajstić information content (AvgIpc) is 3.06. The third-order valence-electron chi connectivity index (χ3n) is 8.11. The molecule has 0 aliphatic rings. The molecule has 8 rings (SSSR count). The van der Waals surface area contributed by atoms with E-state index < -0.39 is 0 Å². The molecule has 3 radical (unpaired) electrons. The number of hydrogen-bond donors (Lipinski definition) is 3. The van der Waals surface area contributed by atoms with E-state index in [9.17, 15) is 20.4 Å². The molecule has 0 aliphatic heterocycles. The smallest absolute Gasteiger partial charge is 0.872 e. The van der Waals surface area contributed by atoms with Crippen LogP contribution in [-0.2, 0) is 0 Å². The first kappa shape index (κ1) is 32.6. The Morgan fingerprint density at radius 1 is 0.326 bits per heavy atom. The van der Waals surface area contributed by atoms with E-state index in [0.717, 1.165) is 43.1 Å². The van der Waals surface area contributed by atoms with Crippen molar-refractivity contribution >= 4 is 62.9 Å². The van der Waals surface area contributed by atoms with Crippen molar-refractivity contribution < 1.29 is 39.3 Å². The zero-order valence-electron chi connectivity index (χ0n) is 25.2. The van der Waals surface area contributed by atoms with Crippen LogP contribution in [0.4, 0.5) is 0 Å². The van der Waals surface area contributed by atoms with E-state index in [2.05, 4.69) is 0 Å². The molecule has 8 aromatic carbocycles. The van der Waals surface area contributed by atoms with Crippen molar-refractivity contribution in [3.63, 3.8) is 0 Å². The van der Waals surface area contributed by atoms with Crippen LogP contribution >= 0.6 is 0 Å². The van der Waals surface area contributed by atoms with Gasteiger partial charge in [0.2, 0.25) is 0 Å². The van der Waals surface area contributed by atoms with E-state index in [-0.39, 0.29) is 61.6 Å². The molecule has 0 atom stereocenters. The fraction of sp³-hybridized carbons (Fsp3) is 0. The number of hydrogen-bond acceptors (Lipinski definition) is 4. The summed E-state index contributed by atoms with van der Waals surface area (Å²) in [5, 5.41) is 51.4. The molecule has 0 bridgehead atoms. The predicted molar refractivity (Wildman–Crippen MR) is 184 cm³/mol. The molecule has 6 heteroatoms. The van der Waals surface area contributed by atoms with Crippen LogP contribution in [-0.4, -0.2) is 35.1 Å². The van der Waals surface area contributed by atoms with Crippen LogP contribution in [0.2, 0.25) is 0 Å². The van der Waals surface area contributed by atoms with Crippen LogP contribution in [0.25, 0.3) is 65.3 Å². The van der Waals surface area contributed by atoms with Gasteiger partial charge in [-0.3, -0.25) is 0 Å². The van der Waals surface area contributed by atoms with Crippen LogP contribution in [0.5, 0.6) is 23.0 Å². The first-order chi connectivity index (χ1) is 21.5. The number of phenols is 3. The number of aromatic hydroxyl groups is 3. The largest absolute Gasteiger partial charge is 1.00 e. The van der Waals surface area contributed by atoms with Crippen molar-refractivity contribution in [2.45, 2.75) is 0 Å². The van der Waals surface area contributed by atoms with Gasteiger partial charge in [0.1, 0.15) is 17.2 Å². The molecule has 46 heavy (non-hydrogen) atoms. The SMILES string of the molecule is Oc1ccc2ccccc2c1-c1c(O)ccc2ccccc12.[Ga].[Li+].[O-]c1ccc2ccccc2c1-c1c(O)ccc2ccccc12. The topological polar surface area (TPSA) is 83.8 Å². The van der Waals surface area contributed by atoms with Gasteiger partial charge in [-0.1, -0.05) is 127 Å². The maximum atomic E-state index is 12.5. The van der Waals surface area contributed by atoms with Gasteiger partial charge in [-0.15, -0.1) is 5.75 Å². The maximum absolute atomic E-state index is 12.5. The van der Waals surface area contributed by atoms with Crippen LogP contribution in [0, 0.1) is 0 Å². The number of phenolic OH excluding ortho intramolecular Hbond substituents is 3. The predicted octanol–water partition coefficient (Wildman–Crippen LogP) is 6.13. The summed E-state index contributed by atoms with van der Waals surface area (Å²) in [5.74, 6) is 0.396. The molecule has 0 amide bonds. The minimum Gasteiger partial charge on any atom is -0.872 e. The van der Waals surface area contributed by atoms with E-state index in [1.165, 1.54) is 0 Å². The van der Waals surface area contributed by atoms with E-state index in [1.54, 1.807) is 24.3 Å². The quantitative estimate of drug-likeness (QED) is 0.197. The fourth-order valence-corrected chi connectivity index (χ4v) is 6.08. The molecule has 0 spiro atoms. The Labute approximate surface area is 291 Å². The molecular formula is C40H27GaLiO4. The minimum absolute atomic E-state index is 0. The zero-order valence-corrected chi connectivity index (χ0v) is 27.6. The van der Waals surface area contributed by atoms with Crippen molar-refractivity contribution in [3.8, 4) is 45.3 Å². The van der Waals surface area contributed by atoms with Gasteiger partial charge in [-0.05, 0) is 66.9 Å². The van der Waals surface area contributed by atoms with E-state index in [4.69, 9.17) is 0 Å². The summed E-state index contributed by atoms with van der Waals surface area (Å²) in [6, 6.07) is 45.3. The molecule has 4 nitrogen and oxygen atoms in total. The van der Waals surface area contributed by atoms with Gasteiger partial charge < -0.3 is 20.4 Å². The Balaban J connectivity index is 0.000000174. The average molecular weight is 648 g/mol. The summed E-state index contributed by atoms with van der Waals surface area (Å²) in [7, 11) is 0. The number of benzene rings is 8. The van der Waals surface area contributed by atoms with Gasteiger partial charge in [0.25, 0.3) is 0 Å². The second-order valence-corrected chi connectivity index (χ2v) is 10.7. The Morgan fingerprint density at radius 3 is 0.935 bits per heavy atom. The zero-order chi connectivity index (χ0) is 30.2. The summed E-state index contributed by atoms with van der Waals surface area (Å²) >= 11 is 0.